The zero-order valence-corrected chi connectivity index (χ0v) is 14.8. The Morgan fingerprint density at radius 2 is 1.83 bits per heavy atom. The van der Waals surface area contributed by atoms with Crippen molar-refractivity contribution >= 4 is 11.8 Å². The van der Waals surface area contributed by atoms with Gasteiger partial charge in [-0.3, -0.25) is 14.5 Å². The van der Waals surface area contributed by atoms with Gasteiger partial charge in [0.2, 0.25) is 11.8 Å². The number of rotatable bonds is 5. The summed E-state index contributed by atoms with van der Waals surface area (Å²) >= 11 is 0. The van der Waals surface area contributed by atoms with Gasteiger partial charge in [-0.1, -0.05) is 12.1 Å². The molecule has 2 rings (SSSR count). The van der Waals surface area contributed by atoms with E-state index >= 15 is 0 Å². The van der Waals surface area contributed by atoms with E-state index in [1.807, 2.05) is 36.2 Å². The maximum absolute atomic E-state index is 12.4. The summed E-state index contributed by atoms with van der Waals surface area (Å²) in [4.78, 5) is 29.6. The van der Waals surface area contributed by atoms with Gasteiger partial charge in [0.05, 0.1) is 13.7 Å². The van der Waals surface area contributed by atoms with Crippen molar-refractivity contribution in [2.24, 2.45) is 0 Å². The Kier molecular flexibility index (Phi) is 6.61. The van der Waals surface area contributed by atoms with Crippen molar-refractivity contribution in [2.45, 2.75) is 19.9 Å². The molecule has 1 heterocycles. The van der Waals surface area contributed by atoms with E-state index in [2.05, 4.69) is 4.90 Å². The molecule has 6 nitrogen and oxygen atoms in total. The third-order valence-corrected chi connectivity index (χ3v) is 4.40. The predicted molar refractivity (Wildman–Crippen MR) is 92.8 cm³/mol. The van der Waals surface area contributed by atoms with Gasteiger partial charge >= 0.3 is 0 Å². The summed E-state index contributed by atoms with van der Waals surface area (Å²) in [5.41, 5.74) is 1.07. The van der Waals surface area contributed by atoms with Crippen molar-refractivity contribution in [1.29, 1.82) is 0 Å². The van der Waals surface area contributed by atoms with E-state index in [1.165, 1.54) is 0 Å². The second kappa shape index (κ2) is 8.68. The Labute approximate surface area is 144 Å². The highest BCUT2D eigenvalue weighted by Crippen LogP contribution is 2.13. The molecule has 0 aliphatic carbocycles. The SMILES string of the molecule is COc1ccc(CN(C)C(=O)CN2CCCN(C(C)=O)CC2)cc1. The lowest BCUT2D eigenvalue weighted by molar-refractivity contribution is -0.131. The minimum Gasteiger partial charge on any atom is -0.497 e. The lowest BCUT2D eigenvalue weighted by Crippen LogP contribution is -2.40. The standard InChI is InChI=1S/C18H27N3O3/c1-15(22)21-10-4-9-20(11-12-21)14-18(23)19(2)13-16-5-7-17(24-3)8-6-16/h5-8H,4,9-14H2,1-3H3. The van der Waals surface area contributed by atoms with Crippen molar-refractivity contribution in [3.8, 4) is 5.75 Å². The monoisotopic (exact) mass is 333 g/mol. The second-order valence-electron chi connectivity index (χ2n) is 6.23. The number of benzene rings is 1. The van der Waals surface area contributed by atoms with Crippen LogP contribution in [-0.2, 0) is 16.1 Å². The minimum atomic E-state index is 0.0992. The topological polar surface area (TPSA) is 53.1 Å². The van der Waals surface area contributed by atoms with Crippen LogP contribution in [0.15, 0.2) is 24.3 Å². The summed E-state index contributed by atoms with van der Waals surface area (Å²) < 4.78 is 5.14. The highest BCUT2D eigenvalue weighted by Gasteiger charge is 2.19. The van der Waals surface area contributed by atoms with Crippen LogP contribution >= 0.6 is 0 Å². The van der Waals surface area contributed by atoms with E-state index in [9.17, 15) is 9.59 Å². The van der Waals surface area contributed by atoms with Crippen molar-refractivity contribution in [2.75, 3.05) is 46.9 Å². The molecule has 0 N–H and O–H groups in total. The molecule has 24 heavy (non-hydrogen) atoms. The molecule has 1 saturated heterocycles. The third kappa shape index (κ3) is 5.23. The highest BCUT2D eigenvalue weighted by molar-refractivity contribution is 5.78. The number of nitrogens with zero attached hydrogens (tertiary/aromatic N) is 3. The quantitative estimate of drug-likeness (QED) is 0.813. The molecule has 132 valence electrons. The van der Waals surface area contributed by atoms with Crippen molar-refractivity contribution in [1.82, 2.24) is 14.7 Å². The molecule has 0 bridgehead atoms. The second-order valence-corrected chi connectivity index (χ2v) is 6.23. The number of likely N-dealkylation sites (N-methyl/N-ethyl adjacent to an activating group) is 1. The maximum atomic E-state index is 12.4. The van der Waals surface area contributed by atoms with Gasteiger partial charge in [0.1, 0.15) is 5.75 Å². The fraction of sp³-hybridized carbons (Fsp3) is 0.556. The number of ether oxygens (including phenoxy) is 1. The summed E-state index contributed by atoms with van der Waals surface area (Å²) in [6, 6.07) is 7.75. The van der Waals surface area contributed by atoms with Crippen LogP contribution in [-0.4, -0.2) is 73.4 Å². The molecule has 1 aliphatic rings. The van der Waals surface area contributed by atoms with Crippen LogP contribution in [0.5, 0.6) is 5.75 Å². The molecule has 0 unspecified atom stereocenters. The van der Waals surface area contributed by atoms with E-state index in [1.54, 1.807) is 18.9 Å². The van der Waals surface area contributed by atoms with E-state index in [4.69, 9.17) is 4.74 Å². The van der Waals surface area contributed by atoms with Gasteiger partial charge in [-0.25, -0.2) is 0 Å². The fourth-order valence-electron chi connectivity index (χ4n) is 2.85. The zero-order chi connectivity index (χ0) is 17.5. The van der Waals surface area contributed by atoms with E-state index < -0.39 is 0 Å². The molecule has 1 fully saturated rings. The van der Waals surface area contributed by atoms with E-state index in [-0.39, 0.29) is 11.8 Å². The van der Waals surface area contributed by atoms with Gasteiger partial charge in [-0.2, -0.15) is 0 Å². The predicted octanol–water partition coefficient (Wildman–Crippen LogP) is 1.21. The Bertz CT molecular complexity index is 559. The fourth-order valence-corrected chi connectivity index (χ4v) is 2.85. The first-order chi connectivity index (χ1) is 11.5. The largest absolute Gasteiger partial charge is 0.497 e. The van der Waals surface area contributed by atoms with Gasteiger partial charge in [0, 0.05) is 46.7 Å². The van der Waals surface area contributed by atoms with Gasteiger partial charge in [-0.05, 0) is 24.1 Å². The number of amides is 2. The van der Waals surface area contributed by atoms with Gasteiger partial charge in [0.25, 0.3) is 0 Å². The molecule has 0 atom stereocenters. The van der Waals surface area contributed by atoms with Crippen LogP contribution in [0.4, 0.5) is 0 Å². The third-order valence-electron chi connectivity index (χ3n) is 4.40. The first kappa shape index (κ1) is 18.3. The summed E-state index contributed by atoms with van der Waals surface area (Å²) in [5.74, 6) is 1.02. The average molecular weight is 333 g/mol. The lowest BCUT2D eigenvalue weighted by Gasteiger charge is -2.24. The number of hydrogen-bond donors (Lipinski definition) is 0. The van der Waals surface area contributed by atoms with Gasteiger partial charge in [0.15, 0.2) is 0 Å². The number of carbonyl (C=O) groups is 2. The Morgan fingerprint density at radius 1 is 1.12 bits per heavy atom. The van der Waals surface area contributed by atoms with Crippen LogP contribution in [0.25, 0.3) is 0 Å². The molecule has 1 aromatic rings. The molecule has 0 saturated carbocycles. The minimum absolute atomic E-state index is 0.0992. The normalized spacial score (nSPS) is 15.7. The molecule has 0 radical (unpaired) electrons. The summed E-state index contributed by atoms with van der Waals surface area (Å²) in [5, 5.41) is 0. The molecular formula is C18H27N3O3. The number of hydrogen-bond acceptors (Lipinski definition) is 4. The van der Waals surface area contributed by atoms with Crippen LogP contribution in [0, 0.1) is 0 Å². The van der Waals surface area contributed by atoms with Crippen LogP contribution in [0.3, 0.4) is 0 Å². The number of carbonyl (C=O) groups excluding carboxylic acids is 2. The number of methoxy groups -OCH3 is 1. The van der Waals surface area contributed by atoms with E-state index in [0.29, 0.717) is 19.6 Å². The van der Waals surface area contributed by atoms with Gasteiger partial charge < -0.3 is 14.5 Å². The maximum Gasteiger partial charge on any atom is 0.236 e. The molecular weight excluding hydrogens is 306 g/mol. The highest BCUT2D eigenvalue weighted by atomic mass is 16.5. The van der Waals surface area contributed by atoms with Crippen LogP contribution in [0.2, 0.25) is 0 Å². The smallest absolute Gasteiger partial charge is 0.236 e. The summed E-state index contributed by atoms with van der Waals surface area (Å²) in [6.07, 6.45) is 0.912. The van der Waals surface area contributed by atoms with E-state index in [0.717, 1.165) is 37.4 Å². The van der Waals surface area contributed by atoms with Gasteiger partial charge in [-0.15, -0.1) is 0 Å². The first-order valence-electron chi connectivity index (χ1n) is 8.34. The lowest BCUT2D eigenvalue weighted by atomic mass is 10.2. The first-order valence-corrected chi connectivity index (χ1v) is 8.34. The molecule has 1 aromatic carbocycles. The summed E-state index contributed by atoms with van der Waals surface area (Å²) in [7, 11) is 3.46. The van der Waals surface area contributed by atoms with Crippen LogP contribution in [0.1, 0.15) is 18.9 Å². The summed E-state index contributed by atoms with van der Waals surface area (Å²) in [6.45, 7) is 5.66. The Morgan fingerprint density at radius 3 is 2.46 bits per heavy atom. The molecule has 6 heteroatoms. The van der Waals surface area contributed by atoms with Crippen molar-refractivity contribution in [3.05, 3.63) is 29.8 Å². The van der Waals surface area contributed by atoms with Crippen molar-refractivity contribution < 1.29 is 14.3 Å². The Hall–Kier alpha value is -2.08. The molecule has 0 aromatic heterocycles. The Balaban J connectivity index is 1.83. The average Bonchev–Trinajstić information content (AvgIpc) is 2.81. The molecule has 1 aliphatic heterocycles. The molecule has 0 spiro atoms. The van der Waals surface area contributed by atoms with Crippen molar-refractivity contribution in [3.63, 3.8) is 0 Å². The molecule has 2 amide bonds. The van der Waals surface area contributed by atoms with Crippen LogP contribution < -0.4 is 4.74 Å². The zero-order valence-electron chi connectivity index (χ0n) is 14.8.